The third-order valence-electron chi connectivity index (χ3n) is 4.51. The van der Waals surface area contributed by atoms with Gasteiger partial charge in [0, 0.05) is 23.9 Å². The standard InChI is InChI=1S/C20H21N7O5/c1-10(28)2-7-14(19(31)32)25-17(29)11-3-5-12(6-4-11)22-8-13-9-23-16-15(24-13)18(30)27-20(21)26-16/h3-6,9,14,22H,2,7-8H2,1H3,(H,25,29)(H,31,32)(H3,21,23,26,27,30)/t14-/m0/s1. The minimum atomic E-state index is -1.20. The molecule has 2 heterocycles. The highest BCUT2D eigenvalue weighted by atomic mass is 16.4. The van der Waals surface area contributed by atoms with E-state index in [1.165, 1.54) is 19.1 Å². The number of benzene rings is 1. The Kier molecular flexibility index (Phi) is 6.73. The first-order chi connectivity index (χ1) is 15.2. The van der Waals surface area contributed by atoms with Gasteiger partial charge in [-0.3, -0.25) is 9.59 Å². The van der Waals surface area contributed by atoms with Crippen molar-refractivity contribution in [2.24, 2.45) is 0 Å². The summed E-state index contributed by atoms with van der Waals surface area (Å²) in [6.45, 7) is 1.63. The molecule has 6 N–H and O–H groups in total. The Balaban J connectivity index is 1.62. The molecule has 12 heteroatoms. The summed E-state index contributed by atoms with van der Waals surface area (Å²) in [7, 11) is 0. The summed E-state index contributed by atoms with van der Waals surface area (Å²) in [5.74, 6) is -1.80. The molecule has 166 valence electrons. The largest absolute Gasteiger partial charge is 0.480 e. The van der Waals surface area contributed by atoms with Crippen LogP contribution >= 0.6 is 0 Å². The van der Waals surface area contributed by atoms with Crippen molar-refractivity contribution in [2.75, 3.05) is 11.1 Å². The average molecular weight is 439 g/mol. The number of fused-ring (bicyclic) bond motifs is 1. The zero-order valence-electron chi connectivity index (χ0n) is 17.1. The van der Waals surface area contributed by atoms with Gasteiger partial charge in [-0.15, -0.1) is 0 Å². The molecule has 0 unspecified atom stereocenters. The maximum absolute atomic E-state index is 12.3. The van der Waals surface area contributed by atoms with E-state index in [9.17, 15) is 24.3 Å². The summed E-state index contributed by atoms with van der Waals surface area (Å²) in [5.41, 5.74) is 6.41. The number of nitrogens with one attached hydrogen (secondary N) is 3. The van der Waals surface area contributed by atoms with Crippen molar-refractivity contribution in [1.29, 1.82) is 0 Å². The van der Waals surface area contributed by atoms with Crippen LogP contribution in [0.2, 0.25) is 0 Å². The number of aromatic amines is 1. The van der Waals surface area contributed by atoms with Crippen molar-refractivity contribution in [3.05, 3.63) is 52.1 Å². The molecule has 1 aromatic carbocycles. The fourth-order valence-electron chi connectivity index (χ4n) is 2.85. The van der Waals surface area contributed by atoms with E-state index in [0.29, 0.717) is 11.4 Å². The second-order valence-electron chi connectivity index (χ2n) is 7.01. The zero-order chi connectivity index (χ0) is 23.3. The summed E-state index contributed by atoms with van der Waals surface area (Å²) in [6.07, 6.45) is 1.67. The Morgan fingerprint density at radius 2 is 1.88 bits per heavy atom. The Hall–Kier alpha value is -4.35. The Morgan fingerprint density at radius 1 is 1.16 bits per heavy atom. The molecular formula is C20H21N7O5. The third-order valence-corrected chi connectivity index (χ3v) is 4.51. The minimum absolute atomic E-state index is 0.0223. The topological polar surface area (TPSA) is 193 Å². The van der Waals surface area contributed by atoms with Crippen molar-refractivity contribution in [1.82, 2.24) is 25.3 Å². The first-order valence-electron chi connectivity index (χ1n) is 9.62. The molecule has 32 heavy (non-hydrogen) atoms. The highest BCUT2D eigenvalue weighted by Crippen LogP contribution is 2.14. The lowest BCUT2D eigenvalue weighted by molar-refractivity contribution is -0.139. The molecule has 2 aliphatic rings. The van der Waals surface area contributed by atoms with Crippen LogP contribution in [0.3, 0.4) is 0 Å². The molecule has 0 bridgehead atoms. The number of rotatable bonds is 9. The molecule has 0 saturated heterocycles. The number of Topliss-reactive ketones (excluding diaryl/α,β-unsaturated/α-hetero) is 1. The molecule has 2 aliphatic heterocycles. The number of aliphatic carboxylic acids is 1. The summed E-state index contributed by atoms with van der Waals surface area (Å²) < 4.78 is 0. The van der Waals surface area contributed by atoms with Gasteiger partial charge in [-0.2, -0.15) is 9.97 Å². The number of carbonyl (C=O) groups excluding carboxylic acids is 2. The lowest BCUT2D eigenvalue weighted by Crippen LogP contribution is -2.41. The minimum Gasteiger partial charge on any atom is -0.480 e. The number of carboxylic acids is 1. The van der Waals surface area contributed by atoms with E-state index in [1.54, 1.807) is 18.3 Å². The molecule has 3 rings (SSSR count). The van der Waals surface area contributed by atoms with Gasteiger partial charge in [0.05, 0.1) is 12.2 Å². The molecule has 0 spiro atoms. The van der Waals surface area contributed by atoms with Crippen molar-refractivity contribution in [3.8, 4) is 11.5 Å². The third kappa shape index (κ3) is 5.62. The number of H-pyrrole nitrogens is 1. The van der Waals surface area contributed by atoms with Crippen molar-refractivity contribution in [2.45, 2.75) is 32.4 Å². The molecule has 1 atom stereocenters. The number of carbonyl (C=O) groups is 3. The highest BCUT2D eigenvalue weighted by Gasteiger charge is 2.21. The fraction of sp³-hybridized carbons (Fsp3) is 0.250. The van der Waals surface area contributed by atoms with Gasteiger partial charge in [0.25, 0.3) is 5.91 Å². The second-order valence-corrected chi connectivity index (χ2v) is 7.01. The summed E-state index contributed by atoms with van der Waals surface area (Å²) in [6, 6.07) is 5.22. The smallest absolute Gasteiger partial charge is 0.326 e. The van der Waals surface area contributed by atoms with Crippen LogP contribution in [0.25, 0.3) is 11.5 Å². The number of anilines is 2. The van der Waals surface area contributed by atoms with Crippen LogP contribution in [0.15, 0.2) is 35.3 Å². The van der Waals surface area contributed by atoms with Crippen LogP contribution in [-0.4, -0.2) is 48.7 Å². The predicted octanol–water partition coefficient (Wildman–Crippen LogP) is 0.411. The normalized spacial score (nSPS) is 11.7. The molecule has 1 aromatic rings. The number of aromatic nitrogens is 4. The summed E-state index contributed by atoms with van der Waals surface area (Å²) in [4.78, 5) is 61.1. The van der Waals surface area contributed by atoms with E-state index in [-0.39, 0.29) is 48.2 Å². The van der Waals surface area contributed by atoms with Gasteiger partial charge in [-0.1, -0.05) is 0 Å². The number of hydrogen-bond donors (Lipinski definition) is 5. The van der Waals surface area contributed by atoms with Crippen LogP contribution in [0.1, 0.15) is 35.8 Å². The molecule has 0 radical (unpaired) electrons. The molecule has 0 aliphatic carbocycles. The van der Waals surface area contributed by atoms with Gasteiger partial charge < -0.3 is 31.3 Å². The molecule has 1 amide bonds. The summed E-state index contributed by atoms with van der Waals surface area (Å²) >= 11 is 0. The number of hydrogen-bond acceptors (Lipinski definition) is 9. The quantitative estimate of drug-likeness (QED) is 0.312. The second kappa shape index (κ2) is 9.64. The van der Waals surface area contributed by atoms with Gasteiger partial charge in [0.1, 0.15) is 11.8 Å². The van der Waals surface area contributed by atoms with Gasteiger partial charge in [-0.05, 0) is 37.6 Å². The van der Waals surface area contributed by atoms with E-state index in [4.69, 9.17) is 5.73 Å². The number of carboxylic acid groups (broad SMARTS) is 1. The van der Waals surface area contributed by atoms with Crippen LogP contribution in [0.4, 0.5) is 11.6 Å². The van der Waals surface area contributed by atoms with E-state index in [0.717, 1.165) is 0 Å². The first-order valence-corrected chi connectivity index (χ1v) is 9.62. The van der Waals surface area contributed by atoms with Gasteiger partial charge in [0.15, 0.2) is 11.5 Å². The fourth-order valence-corrected chi connectivity index (χ4v) is 2.85. The maximum Gasteiger partial charge on any atom is 0.326 e. The summed E-state index contributed by atoms with van der Waals surface area (Å²) in [5, 5.41) is 14.7. The van der Waals surface area contributed by atoms with E-state index in [1.807, 2.05) is 0 Å². The monoisotopic (exact) mass is 439 g/mol. The number of ketones is 1. The zero-order valence-corrected chi connectivity index (χ0v) is 17.1. The van der Waals surface area contributed by atoms with Crippen molar-refractivity contribution in [3.63, 3.8) is 0 Å². The van der Waals surface area contributed by atoms with E-state index in [2.05, 4.69) is 30.6 Å². The molecule has 0 aromatic heterocycles. The van der Waals surface area contributed by atoms with Gasteiger partial charge in [-0.25, -0.2) is 9.78 Å². The number of amides is 1. The van der Waals surface area contributed by atoms with Crippen molar-refractivity contribution < 1.29 is 19.5 Å². The van der Waals surface area contributed by atoms with Crippen LogP contribution in [0, 0.1) is 0 Å². The lowest BCUT2D eigenvalue weighted by Gasteiger charge is -2.14. The Bertz CT molecular complexity index is 1180. The lowest BCUT2D eigenvalue weighted by atomic mass is 10.1. The highest BCUT2D eigenvalue weighted by molar-refractivity contribution is 5.97. The van der Waals surface area contributed by atoms with Gasteiger partial charge >= 0.3 is 11.5 Å². The molecule has 12 nitrogen and oxygen atoms in total. The predicted molar refractivity (Wildman–Crippen MR) is 114 cm³/mol. The SMILES string of the molecule is CC(=O)CC[C@H](NC(=O)c1ccc(NCc2c[nH]c3nc(N)nc(=O)c-3n2)cc1)C(=O)O. The Morgan fingerprint density at radius 3 is 2.53 bits per heavy atom. The van der Waals surface area contributed by atoms with Crippen LogP contribution in [-0.2, 0) is 16.1 Å². The number of nitrogens with zero attached hydrogens (tertiary/aromatic N) is 3. The van der Waals surface area contributed by atoms with E-state index >= 15 is 0 Å². The van der Waals surface area contributed by atoms with Crippen molar-refractivity contribution >= 4 is 29.3 Å². The number of nitrogen functional groups attached to an aromatic ring is 1. The maximum atomic E-state index is 12.3. The first kappa shape index (κ1) is 22.3. The molecule has 0 saturated carbocycles. The van der Waals surface area contributed by atoms with E-state index < -0.39 is 23.5 Å². The molecular weight excluding hydrogens is 418 g/mol. The van der Waals surface area contributed by atoms with Crippen LogP contribution < -0.4 is 21.9 Å². The average Bonchev–Trinajstić information content (AvgIpc) is 2.75. The van der Waals surface area contributed by atoms with Gasteiger partial charge in [0.2, 0.25) is 5.95 Å². The Labute approximate surface area is 181 Å². The number of nitrogens with two attached hydrogens (primary N) is 1. The molecule has 0 fully saturated rings. The van der Waals surface area contributed by atoms with Crippen LogP contribution in [0.5, 0.6) is 0 Å².